The summed E-state index contributed by atoms with van der Waals surface area (Å²) in [6.45, 7) is 3.03. The summed E-state index contributed by atoms with van der Waals surface area (Å²) in [5.74, 6) is 1.22. The van der Waals surface area contributed by atoms with Crippen LogP contribution in [0.5, 0.6) is 0 Å². The van der Waals surface area contributed by atoms with Gasteiger partial charge in [0.25, 0.3) is 0 Å². The number of nitrogens with zero attached hydrogens (tertiary/aromatic N) is 3. The fourth-order valence-electron chi connectivity index (χ4n) is 2.13. The van der Waals surface area contributed by atoms with Gasteiger partial charge in [-0.1, -0.05) is 0 Å². The van der Waals surface area contributed by atoms with Crippen molar-refractivity contribution in [3.05, 3.63) is 39.0 Å². The van der Waals surface area contributed by atoms with Crippen LogP contribution in [0.3, 0.4) is 0 Å². The Kier molecular flexibility index (Phi) is 3.32. The van der Waals surface area contributed by atoms with E-state index in [1.54, 1.807) is 0 Å². The van der Waals surface area contributed by atoms with E-state index in [1.165, 1.54) is 11.3 Å². The standard InChI is InChI=1S/C12H12BrN3OS/c13-9-1-6-18-12(9)10(17)7-15-4-5-16-3-2-14-11(16)8-15/h1-3,6H,4-5,7-8H2. The van der Waals surface area contributed by atoms with Crippen molar-refractivity contribution in [1.82, 2.24) is 14.5 Å². The number of carbonyl (C=O) groups is 1. The predicted molar refractivity (Wildman–Crippen MR) is 73.9 cm³/mol. The number of hydrogen-bond acceptors (Lipinski definition) is 4. The van der Waals surface area contributed by atoms with Crippen LogP contribution in [-0.2, 0) is 13.1 Å². The average molecular weight is 326 g/mol. The largest absolute Gasteiger partial charge is 0.333 e. The zero-order chi connectivity index (χ0) is 12.5. The van der Waals surface area contributed by atoms with E-state index in [2.05, 4.69) is 30.4 Å². The summed E-state index contributed by atoms with van der Waals surface area (Å²) >= 11 is 4.90. The summed E-state index contributed by atoms with van der Waals surface area (Å²) in [6, 6.07) is 1.92. The lowest BCUT2D eigenvalue weighted by molar-refractivity contribution is 0.0911. The van der Waals surface area contributed by atoms with Gasteiger partial charge < -0.3 is 4.57 Å². The zero-order valence-corrected chi connectivity index (χ0v) is 12.1. The Labute approximate surface area is 117 Å². The van der Waals surface area contributed by atoms with E-state index in [4.69, 9.17) is 0 Å². The molecule has 0 saturated carbocycles. The summed E-state index contributed by atoms with van der Waals surface area (Å²) in [5, 5.41) is 1.93. The van der Waals surface area contributed by atoms with Crippen LogP contribution in [-0.4, -0.2) is 33.3 Å². The molecular formula is C12H12BrN3OS. The normalized spacial score (nSPS) is 15.6. The number of imidazole rings is 1. The Balaban J connectivity index is 1.68. The van der Waals surface area contributed by atoms with Gasteiger partial charge in [-0.15, -0.1) is 11.3 Å². The topological polar surface area (TPSA) is 38.1 Å². The number of aromatic nitrogens is 2. The molecule has 0 saturated heterocycles. The Morgan fingerprint density at radius 3 is 3.17 bits per heavy atom. The second kappa shape index (κ2) is 4.95. The smallest absolute Gasteiger partial charge is 0.187 e. The van der Waals surface area contributed by atoms with Crippen LogP contribution < -0.4 is 0 Å². The summed E-state index contributed by atoms with van der Waals surface area (Å²) in [5.41, 5.74) is 0. The summed E-state index contributed by atoms with van der Waals surface area (Å²) in [7, 11) is 0. The molecule has 6 heteroatoms. The maximum absolute atomic E-state index is 12.2. The highest BCUT2D eigenvalue weighted by Gasteiger charge is 2.20. The minimum atomic E-state index is 0.178. The van der Waals surface area contributed by atoms with E-state index >= 15 is 0 Å². The molecule has 2 aromatic heterocycles. The van der Waals surface area contributed by atoms with E-state index in [0.29, 0.717) is 6.54 Å². The number of fused-ring (bicyclic) bond motifs is 1. The van der Waals surface area contributed by atoms with Gasteiger partial charge in [0.2, 0.25) is 0 Å². The fourth-order valence-corrected chi connectivity index (χ4v) is 3.65. The van der Waals surface area contributed by atoms with Gasteiger partial charge in [-0.3, -0.25) is 9.69 Å². The Morgan fingerprint density at radius 1 is 1.50 bits per heavy atom. The van der Waals surface area contributed by atoms with Gasteiger partial charge in [0, 0.05) is 30.0 Å². The van der Waals surface area contributed by atoms with Gasteiger partial charge in [0.05, 0.1) is 18.0 Å². The number of hydrogen-bond donors (Lipinski definition) is 0. The first-order chi connectivity index (χ1) is 8.74. The number of ketones is 1. The quantitative estimate of drug-likeness (QED) is 0.813. The molecule has 4 nitrogen and oxygen atoms in total. The molecule has 0 fully saturated rings. The molecule has 0 aliphatic carbocycles. The Hall–Kier alpha value is -0.980. The number of thiophene rings is 1. The van der Waals surface area contributed by atoms with E-state index in [1.807, 2.05) is 23.8 Å². The fraction of sp³-hybridized carbons (Fsp3) is 0.333. The van der Waals surface area contributed by atoms with E-state index in [0.717, 1.165) is 34.8 Å². The molecule has 94 valence electrons. The summed E-state index contributed by atoms with van der Waals surface area (Å²) in [6.07, 6.45) is 3.81. The lowest BCUT2D eigenvalue weighted by Gasteiger charge is -2.26. The molecule has 0 atom stereocenters. The van der Waals surface area contributed by atoms with Crippen LogP contribution in [0.15, 0.2) is 28.3 Å². The first-order valence-electron chi connectivity index (χ1n) is 5.72. The van der Waals surface area contributed by atoms with Crippen LogP contribution in [0, 0.1) is 0 Å². The second-order valence-corrected chi connectivity index (χ2v) is 6.04. The minimum Gasteiger partial charge on any atom is -0.333 e. The molecule has 0 spiro atoms. The summed E-state index contributed by atoms with van der Waals surface area (Å²) in [4.78, 5) is 19.4. The SMILES string of the molecule is O=C(CN1CCn2ccnc2C1)c1sccc1Br. The first kappa shape index (κ1) is 12.1. The number of Topliss-reactive ketones (excluding diaryl/α,β-unsaturated/α-hetero) is 1. The molecular weight excluding hydrogens is 314 g/mol. The second-order valence-electron chi connectivity index (χ2n) is 4.27. The molecule has 18 heavy (non-hydrogen) atoms. The lowest BCUT2D eigenvalue weighted by Crippen LogP contribution is -2.37. The molecule has 1 aliphatic rings. The van der Waals surface area contributed by atoms with Crippen molar-refractivity contribution < 1.29 is 4.79 Å². The van der Waals surface area contributed by atoms with Gasteiger partial charge in [-0.2, -0.15) is 0 Å². The minimum absolute atomic E-state index is 0.178. The highest BCUT2D eigenvalue weighted by molar-refractivity contribution is 9.10. The zero-order valence-electron chi connectivity index (χ0n) is 9.67. The monoisotopic (exact) mass is 325 g/mol. The number of carbonyl (C=O) groups excluding carboxylic acids is 1. The van der Waals surface area contributed by atoms with Crippen molar-refractivity contribution in [2.24, 2.45) is 0 Å². The molecule has 0 aromatic carbocycles. The Morgan fingerprint density at radius 2 is 2.39 bits per heavy atom. The van der Waals surface area contributed by atoms with Gasteiger partial charge in [-0.05, 0) is 27.4 Å². The lowest BCUT2D eigenvalue weighted by atomic mass is 10.2. The van der Waals surface area contributed by atoms with Crippen molar-refractivity contribution in [2.45, 2.75) is 13.1 Å². The van der Waals surface area contributed by atoms with Gasteiger partial charge >= 0.3 is 0 Å². The highest BCUT2D eigenvalue weighted by atomic mass is 79.9. The maximum atomic E-state index is 12.2. The number of halogens is 1. The molecule has 0 amide bonds. The Bertz CT molecular complexity index is 577. The molecule has 2 aromatic rings. The van der Waals surface area contributed by atoms with Crippen LogP contribution in [0.4, 0.5) is 0 Å². The third kappa shape index (κ3) is 2.28. The highest BCUT2D eigenvalue weighted by Crippen LogP contribution is 2.23. The van der Waals surface area contributed by atoms with Crippen molar-refractivity contribution in [3.8, 4) is 0 Å². The number of rotatable bonds is 3. The average Bonchev–Trinajstić information content (AvgIpc) is 2.96. The van der Waals surface area contributed by atoms with Crippen molar-refractivity contribution in [1.29, 1.82) is 0 Å². The van der Waals surface area contributed by atoms with E-state index in [-0.39, 0.29) is 5.78 Å². The molecule has 3 rings (SSSR count). The third-order valence-electron chi connectivity index (χ3n) is 3.06. The molecule has 0 radical (unpaired) electrons. The molecule has 3 heterocycles. The van der Waals surface area contributed by atoms with Crippen LogP contribution in [0.1, 0.15) is 15.5 Å². The van der Waals surface area contributed by atoms with Crippen molar-refractivity contribution in [2.75, 3.05) is 13.1 Å². The molecule has 0 unspecified atom stereocenters. The summed E-state index contributed by atoms with van der Waals surface area (Å²) < 4.78 is 3.04. The molecule has 0 N–H and O–H groups in total. The first-order valence-corrected chi connectivity index (χ1v) is 7.40. The van der Waals surface area contributed by atoms with Crippen molar-refractivity contribution in [3.63, 3.8) is 0 Å². The molecule has 1 aliphatic heterocycles. The van der Waals surface area contributed by atoms with Crippen LogP contribution in [0.2, 0.25) is 0 Å². The third-order valence-corrected chi connectivity index (χ3v) is 4.94. The van der Waals surface area contributed by atoms with Crippen molar-refractivity contribution >= 4 is 33.0 Å². The maximum Gasteiger partial charge on any atom is 0.187 e. The van der Waals surface area contributed by atoms with E-state index in [9.17, 15) is 4.79 Å². The van der Waals surface area contributed by atoms with Gasteiger partial charge in [0.1, 0.15) is 5.82 Å². The predicted octanol–water partition coefficient (Wildman–Crippen LogP) is 2.41. The van der Waals surface area contributed by atoms with E-state index < -0.39 is 0 Å². The van der Waals surface area contributed by atoms with Gasteiger partial charge in [-0.25, -0.2) is 4.98 Å². The van der Waals surface area contributed by atoms with Crippen LogP contribution in [0.25, 0.3) is 0 Å². The molecule has 0 bridgehead atoms. The van der Waals surface area contributed by atoms with Gasteiger partial charge in [0.15, 0.2) is 5.78 Å². The van der Waals surface area contributed by atoms with Crippen LogP contribution >= 0.6 is 27.3 Å².